The van der Waals surface area contributed by atoms with Crippen LogP contribution in [0.2, 0.25) is 10.0 Å². The normalized spacial score (nSPS) is 10.7. The van der Waals surface area contributed by atoms with Crippen molar-refractivity contribution in [3.8, 4) is 11.5 Å². The largest absolute Gasteiger partial charge is 0.469 e. The molecule has 0 spiro atoms. The summed E-state index contributed by atoms with van der Waals surface area (Å²) in [5.41, 5.74) is 1.27. The van der Waals surface area contributed by atoms with Crippen LogP contribution in [0.4, 0.5) is 5.69 Å². The second-order valence-corrected chi connectivity index (χ2v) is 8.20. The molecule has 28 heavy (non-hydrogen) atoms. The van der Waals surface area contributed by atoms with E-state index in [-0.39, 0.29) is 40.0 Å². The van der Waals surface area contributed by atoms with Gasteiger partial charge in [0.1, 0.15) is 5.75 Å². The Kier molecular flexibility index (Phi) is 8.16. The monoisotopic (exact) mass is 487 g/mol. The van der Waals surface area contributed by atoms with Gasteiger partial charge >= 0.3 is 5.97 Å². The summed E-state index contributed by atoms with van der Waals surface area (Å²) in [5, 5.41) is 3.40. The van der Waals surface area contributed by atoms with Gasteiger partial charge in [-0.05, 0) is 57.7 Å². The maximum Gasteiger partial charge on any atom is 0.309 e. The zero-order valence-electron chi connectivity index (χ0n) is 15.6. The van der Waals surface area contributed by atoms with Crippen molar-refractivity contribution in [2.24, 2.45) is 5.92 Å². The van der Waals surface area contributed by atoms with Gasteiger partial charge in [-0.2, -0.15) is 0 Å². The Labute approximate surface area is 182 Å². The minimum Gasteiger partial charge on any atom is -0.469 e. The summed E-state index contributed by atoms with van der Waals surface area (Å²) in [6.45, 7) is 3.96. The predicted octanol–water partition coefficient (Wildman–Crippen LogP) is 6.25. The number of hydrogen-bond donors (Lipinski definition) is 1. The minimum absolute atomic E-state index is 0.0587. The van der Waals surface area contributed by atoms with Crippen LogP contribution < -0.4 is 10.1 Å². The topological polar surface area (TPSA) is 64.6 Å². The number of halogens is 3. The smallest absolute Gasteiger partial charge is 0.309 e. The van der Waals surface area contributed by atoms with E-state index in [4.69, 9.17) is 27.9 Å². The molecule has 0 unspecified atom stereocenters. The zero-order chi connectivity index (χ0) is 20.8. The fraction of sp³-hybridized carbons (Fsp3) is 0.300. The van der Waals surface area contributed by atoms with E-state index in [0.29, 0.717) is 27.9 Å². The molecule has 0 aromatic heterocycles. The van der Waals surface area contributed by atoms with E-state index in [1.165, 1.54) is 7.11 Å². The van der Waals surface area contributed by atoms with Crippen LogP contribution in [0.1, 0.15) is 25.8 Å². The third-order valence-corrected chi connectivity index (χ3v) is 4.88. The molecular formula is C20H20BrCl2NO4. The number of nitrogens with one attached hydrogen (secondary N) is 1. The predicted molar refractivity (Wildman–Crippen MR) is 114 cm³/mol. The van der Waals surface area contributed by atoms with Gasteiger partial charge in [0.05, 0.1) is 29.3 Å². The highest BCUT2D eigenvalue weighted by Crippen LogP contribution is 2.39. The third-order valence-electron chi connectivity index (χ3n) is 3.66. The van der Waals surface area contributed by atoms with E-state index >= 15 is 0 Å². The van der Waals surface area contributed by atoms with E-state index in [1.807, 2.05) is 13.8 Å². The number of amides is 1. The van der Waals surface area contributed by atoms with Crippen molar-refractivity contribution >= 4 is 56.7 Å². The van der Waals surface area contributed by atoms with Gasteiger partial charge in [-0.3, -0.25) is 9.59 Å². The lowest BCUT2D eigenvalue weighted by molar-refractivity contribution is -0.139. The molecule has 0 saturated heterocycles. The lowest BCUT2D eigenvalue weighted by Gasteiger charge is -2.13. The molecule has 1 amide bonds. The number of rotatable bonds is 7. The van der Waals surface area contributed by atoms with Crippen LogP contribution >= 0.6 is 39.1 Å². The molecule has 0 saturated carbocycles. The Balaban J connectivity index is 2.16. The fourth-order valence-corrected chi connectivity index (χ4v) is 3.47. The van der Waals surface area contributed by atoms with Crippen LogP contribution in [0.5, 0.6) is 11.5 Å². The average Bonchev–Trinajstić information content (AvgIpc) is 2.59. The summed E-state index contributed by atoms with van der Waals surface area (Å²) in [6, 6.07) is 8.35. The molecule has 0 atom stereocenters. The fourth-order valence-electron chi connectivity index (χ4n) is 2.40. The number of anilines is 1. The van der Waals surface area contributed by atoms with Crippen molar-refractivity contribution in [2.75, 3.05) is 12.4 Å². The summed E-state index contributed by atoms with van der Waals surface area (Å²) in [6.07, 6.45) is 0.500. The molecule has 2 rings (SSSR count). The van der Waals surface area contributed by atoms with Crippen LogP contribution in [-0.4, -0.2) is 19.0 Å². The van der Waals surface area contributed by atoms with Crippen LogP contribution in [0, 0.1) is 5.92 Å². The summed E-state index contributed by atoms with van der Waals surface area (Å²) in [7, 11) is 1.32. The Morgan fingerprint density at radius 2 is 1.79 bits per heavy atom. The molecule has 0 aliphatic rings. The highest BCUT2D eigenvalue weighted by molar-refractivity contribution is 9.10. The SMILES string of the molecule is COC(=O)Cc1cc(Cl)c(Oc2ccc(NC(=O)CC(C)C)c(Br)c2)c(Cl)c1. The molecule has 0 heterocycles. The Hall–Kier alpha value is -1.76. The van der Waals surface area contributed by atoms with Gasteiger partial charge in [0.15, 0.2) is 5.75 Å². The van der Waals surface area contributed by atoms with E-state index in [0.717, 1.165) is 0 Å². The van der Waals surface area contributed by atoms with Gasteiger partial charge in [-0.15, -0.1) is 0 Å². The van der Waals surface area contributed by atoms with Gasteiger partial charge in [-0.1, -0.05) is 37.0 Å². The maximum absolute atomic E-state index is 11.9. The number of carbonyl (C=O) groups excluding carboxylic acids is 2. The number of carbonyl (C=O) groups is 2. The first-order valence-electron chi connectivity index (χ1n) is 8.51. The number of ether oxygens (including phenoxy) is 2. The summed E-state index contributed by atoms with van der Waals surface area (Å²) < 4.78 is 11.1. The molecule has 0 aliphatic carbocycles. The molecule has 0 fully saturated rings. The number of esters is 1. The first-order valence-corrected chi connectivity index (χ1v) is 10.1. The van der Waals surface area contributed by atoms with Crippen LogP contribution in [0.3, 0.4) is 0 Å². The van der Waals surface area contributed by atoms with Gasteiger partial charge < -0.3 is 14.8 Å². The molecular weight excluding hydrogens is 469 g/mol. The second-order valence-electron chi connectivity index (χ2n) is 6.53. The van der Waals surface area contributed by atoms with E-state index in [2.05, 4.69) is 26.0 Å². The van der Waals surface area contributed by atoms with Gasteiger partial charge in [0.2, 0.25) is 5.91 Å². The molecule has 0 aliphatic heterocycles. The highest BCUT2D eigenvalue weighted by Gasteiger charge is 2.14. The molecule has 1 N–H and O–H groups in total. The first kappa shape index (κ1) is 22.5. The lowest BCUT2D eigenvalue weighted by Crippen LogP contribution is -2.14. The molecule has 150 valence electrons. The zero-order valence-corrected chi connectivity index (χ0v) is 18.7. The first-order chi connectivity index (χ1) is 13.2. The van der Waals surface area contributed by atoms with E-state index in [1.54, 1.807) is 30.3 Å². The van der Waals surface area contributed by atoms with Crippen molar-refractivity contribution in [1.29, 1.82) is 0 Å². The molecule has 2 aromatic rings. The van der Waals surface area contributed by atoms with Crippen molar-refractivity contribution in [3.63, 3.8) is 0 Å². The van der Waals surface area contributed by atoms with Crippen molar-refractivity contribution in [3.05, 3.63) is 50.4 Å². The quantitative estimate of drug-likeness (QED) is 0.468. The number of methoxy groups -OCH3 is 1. The van der Waals surface area contributed by atoms with Crippen molar-refractivity contribution in [1.82, 2.24) is 0 Å². The summed E-state index contributed by atoms with van der Waals surface area (Å²) >= 11 is 16.0. The number of benzene rings is 2. The summed E-state index contributed by atoms with van der Waals surface area (Å²) in [5.74, 6) is 0.586. The average molecular weight is 489 g/mol. The van der Waals surface area contributed by atoms with Crippen LogP contribution in [-0.2, 0) is 20.7 Å². The number of hydrogen-bond acceptors (Lipinski definition) is 4. The minimum atomic E-state index is -0.389. The molecule has 0 bridgehead atoms. The van der Waals surface area contributed by atoms with Gasteiger partial charge in [0, 0.05) is 10.9 Å². The van der Waals surface area contributed by atoms with Crippen LogP contribution in [0.15, 0.2) is 34.8 Å². The molecule has 0 radical (unpaired) electrons. The van der Waals surface area contributed by atoms with Crippen LogP contribution in [0.25, 0.3) is 0 Å². The molecule has 8 heteroatoms. The lowest BCUT2D eigenvalue weighted by atomic mass is 10.1. The Bertz CT molecular complexity index is 863. The summed E-state index contributed by atoms with van der Waals surface area (Å²) in [4.78, 5) is 23.3. The van der Waals surface area contributed by atoms with Gasteiger partial charge in [0.25, 0.3) is 0 Å². The Morgan fingerprint density at radius 1 is 1.14 bits per heavy atom. The third kappa shape index (κ3) is 6.40. The standard InChI is InChI=1S/C20H20BrCl2NO4/c1-11(2)6-18(25)24-17-5-4-13(10-14(17)21)28-20-15(22)7-12(8-16(20)23)9-19(26)27-3/h4-5,7-8,10-11H,6,9H2,1-3H3,(H,24,25). The highest BCUT2D eigenvalue weighted by atomic mass is 79.9. The van der Waals surface area contributed by atoms with Crippen molar-refractivity contribution < 1.29 is 19.1 Å². The molecule has 5 nitrogen and oxygen atoms in total. The van der Waals surface area contributed by atoms with Crippen molar-refractivity contribution in [2.45, 2.75) is 26.7 Å². The maximum atomic E-state index is 11.9. The van der Waals surface area contributed by atoms with Gasteiger partial charge in [-0.25, -0.2) is 0 Å². The molecule has 2 aromatic carbocycles. The van der Waals surface area contributed by atoms with E-state index < -0.39 is 0 Å². The second kappa shape index (κ2) is 10.1. The van der Waals surface area contributed by atoms with E-state index in [9.17, 15) is 9.59 Å². The Morgan fingerprint density at radius 3 is 2.32 bits per heavy atom.